The first-order chi connectivity index (χ1) is 61.5. The molecule has 2 unspecified atom stereocenters. The number of nitrogens with zero attached hydrogens (tertiary/aromatic N) is 6. The number of aliphatic hydroxyl groups is 4. The molecular formula is C92H116N8O28S2. The highest BCUT2D eigenvalue weighted by molar-refractivity contribution is 7.80. The van der Waals surface area contributed by atoms with Gasteiger partial charge in [0.2, 0.25) is 24.0 Å². The number of rotatable bonds is 16. The summed E-state index contributed by atoms with van der Waals surface area (Å²) in [7, 11) is -1.15. The molecule has 20 atom stereocenters. The fourth-order valence-corrected chi connectivity index (χ4v) is 26.7. The first-order valence-electron chi connectivity index (χ1n) is 43.9. The highest BCUT2D eigenvalue weighted by Gasteiger charge is 2.83. The van der Waals surface area contributed by atoms with Crippen molar-refractivity contribution in [2.75, 3.05) is 118 Å². The summed E-state index contributed by atoms with van der Waals surface area (Å²) >= 11 is 0. The van der Waals surface area contributed by atoms with E-state index in [-0.39, 0.29) is 24.7 Å². The van der Waals surface area contributed by atoms with Crippen molar-refractivity contribution in [2.24, 2.45) is 22.7 Å². The number of para-hydroxylation sites is 2. The SMILES string of the molecule is CC[C@]1(O)C[C@H]2CN(CCc3c([nH]c4ccccc34)[C@@](C(=O)OC)(c3cc4c(cc3OC)N(C=O)[C@H]3[C@@](O)(C(=O)OC)[C@H](OC(C)=O)[C@]5(CC)C=CCN6CC[C@]43[C@@H]65)C2)C1.CC[C@]1(O)C[C@H]2CN(CCc3c([nH]c4ccccc34)[C@@](C(=O)OC)(c3cc4c(cc3OC)N(C=O)[C@H]3[C@@](O)(C(=O)OC)[C@H](OC(C)=O)[C@]5(CC)C=CCN6CC[C@]43[C@@H]65)C2)C1.O=S(=O)(O)O.O=S(=O)(O)O. The minimum Gasteiger partial charge on any atom is -0.496 e. The lowest BCUT2D eigenvalue weighted by Crippen LogP contribution is -2.81. The molecular weight excluding hydrogens is 1730 g/mol. The summed E-state index contributed by atoms with van der Waals surface area (Å²) in [5.74, 6) is -4.13. The van der Waals surface area contributed by atoms with Crippen LogP contribution >= 0.6 is 0 Å². The number of hydrogen-bond donors (Lipinski definition) is 10. The molecule has 704 valence electrons. The van der Waals surface area contributed by atoms with Gasteiger partial charge in [0.15, 0.2) is 12.2 Å². The number of anilines is 2. The summed E-state index contributed by atoms with van der Waals surface area (Å²) in [4.78, 5) is 132. The first kappa shape index (κ1) is 94.9. The van der Waals surface area contributed by atoms with Gasteiger partial charge in [-0.15, -0.1) is 0 Å². The molecule has 10 N–H and O–H groups in total. The van der Waals surface area contributed by atoms with Gasteiger partial charge in [-0.05, 0) is 148 Å². The quantitative estimate of drug-likeness (QED) is 0.0182. The number of carbonyl (C=O) groups excluding carboxylic acids is 8. The lowest BCUT2D eigenvalue weighted by atomic mass is 9.47. The molecule has 38 heteroatoms. The summed E-state index contributed by atoms with van der Waals surface area (Å²) in [6, 6.07) is 19.9. The van der Waals surface area contributed by atoms with Crippen LogP contribution in [0.3, 0.4) is 0 Å². The van der Waals surface area contributed by atoms with Gasteiger partial charge in [-0.1, -0.05) is 88.4 Å². The molecule has 12 heterocycles. The molecule has 12 aliphatic rings. The third kappa shape index (κ3) is 14.5. The highest BCUT2D eigenvalue weighted by atomic mass is 32.3. The molecule has 2 spiro atoms. The van der Waals surface area contributed by atoms with E-state index in [9.17, 15) is 49.2 Å². The number of aromatic amines is 2. The molecule has 4 aromatic carbocycles. The van der Waals surface area contributed by atoms with E-state index in [1.165, 1.54) is 66.3 Å². The molecule has 18 rings (SSSR count). The van der Waals surface area contributed by atoms with Crippen molar-refractivity contribution in [3.63, 3.8) is 0 Å². The number of esters is 6. The zero-order valence-electron chi connectivity index (χ0n) is 74.8. The number of aromatic nitrogens is 2. The second-order valence-corrected chi connectivity index (χ2v) is 38.9. The van der Waals surface area contributed by atoms with E-state index in [0.717, 1.165) is 32.9 Å². The molecule has 2 aliphatic carbocycles. The van der Waals surface area contributed by atoms with Gasteiger partial charge in [0, 0.05) is 156 Å². The van der Waals surface area contributed by atoms with Crippen LogP contribution in [0.4, 0.5) is 11.4 Å². The molecule has 2 saturated carbocycles. The molecule has 2 aromatic heterocycles. The maximum absolute atomic E-state index is 15.3. The largest absolute Gasteiger partial charge is 0.496 e. The van der Waals surface area contributed by atoms with Crippen molar-refractivity contribution >= 4 is 103 Å². The van der Waals surface area contributed by atoms with E-state index in [1.807, 2.05) is 101 Å². The fourth-order valence-electron chi connectivity index (χ4n) is 26.7. The van der Waals surface area contributed by atoms with Crippen LogP contribution in [0.2, 0.25) is 0 Å². The number of amides is 2. The summed E-state index contributed by atoms with van der Waals surface area (Å²) in [6.45, 7) is 16.3. The molecule has 0 radical (unpaired) electrons. The van der Waals surface area contributed by atoms with E-state index in [4.69, 9.17) is 72.9 Å². The minimum atomic E-state index is -4.67. The Labute approximate surface area is 753 Å². The van der Waals surface area contributed by atoms with Gasteiger partial charge in [-0.2, -0.15) is 16.8 Å². The molecule has 2 amide bonds. The topological polar surface area (TPSA) is 492 Å². The second kappa shape index (κ2) is 34.4. The van der Waals surface area contributed by atoms with Crippen LogP contribution in [0.25, 0.3) is 21.8 Å². The van der Waals surface area contributed by atoms with E-state index in [2.05, 4.69) is 41.7 Å². The zero-order chi connectivity index (χ0) is 94.1. The maximum Gasteiger partial charge on any atom is 0.394 e. The Morgan fingerprint density at radius 1 is 0.477 bits per heavy atom. The van der Waals surface area contributed by atoms with Crippen LogP contribution < -0.4 is 19.3 Å². The Morgan fingerprint density at radius 3 is 1.15 bits per heavy atom. The van der Waals surface area contributed by atoms with Gasteiger partial charge < -0.3 is 78.1 Å². The number of methoxy groups -OCH3 is 6. The van der Waals surface area contributed by atoms with Gasteiger partial charge in [-0.3, -0.25) is 66.6 Å². The third-order valence-electron chi connectivity index (χ3n) is 31.0. The second-order valence-electron chi connectivity index (χ2n) is 37.1. The standard InChI is InChI=1S/2C46H56N4O10.2H2O4S/c2*1-7-42(55)22-28-23-45(40(53)58-5,36-30(14-18-48(24-28)25-42)29-12-9-10-13-33(29)47-36)32-20-31-34(21-35(32)57-4)50(26-51)38-44(31)16-19-49-17-11-15-43(8-2,37(44)49)39(60-27(3)52)46(38,56)41(54)59-6;2*1-5(2,3)4/h2*9-13,15,20-21,26,28,37-39,47,55-56H,7-8,14,16-19,22-25H2,1-6H3;2*(H2,1,2,3,4)/t2*28-,37+,38-,39-,42+,43-,44-,45+,46+;;/m11../s1. The predicted molar refractivity (Wildman–Crippen MR) is 469 cm³/mol. The Bertz CT molecular complexity index is 5460. The number of nitrogens with one attached hydrogen (secondary N) is 2. The predicted octanol–water partition coefficient (Wildman–Crippen LogP) is 5.73. The van der Waals surface area contributed by atoms with Crippen LogP contribution in [0, 0.1) is 22.7 Å². The molecule has 4 bridgehead atoms. The molecule has 130 heavy (non-hydrogen) atoms. The number of fused-ring (bicyclic) bond motifs is 12. The molecule has 6 aromatic rings. The number of piperidine rings is 2. The Hall–Kier alpha value is -9.78. The Balaban J connectivity index is 0.000000181. The minimum absolute atomic E-state index is 0.155. The number of benzene rings is 4. The number of carbonyl (C=O) groups is 8. The zero-order valence-corrected chi connectivity index (χ0v) is 76.4. The normalized spacial score (nSPS) is 34.6. The lowest BCUT2D eigenvalue weighted by Gasteiger charge is -2.63. The number of hydrogen-bond acceptors (Lipinski definition) is 28. The lowest BCUT2D eigenvalue weighted by molar-refractivity contribution is -0.229. The van der Waals surface area contributed by atoms with Crippen LogP contribution in [0.1, 0.15) is 151 Å². The highest BCUT2D eigenvalue weighted by Crippen LogP contribution is 2.71. The third-order valence-corrected chi connectivity index (χ3v) is 31.0. The van der Waals surface area contributed by atoms with Crippen LogP contribution in [-0.2, 0) is 122 Å². The van der Waals surface area contributed by atoms with Crippen molar-refractivity contribution in [1.82, 2.24) is 29.6 Å². The van der Waals surface area contributed by atoms with Crippen molar-refractivity contribution in [3.8, 4) is 11.5 Å². The summed E-state index contributed by atoms with van der Waals surface area (Å²) in [6.07, 6.45) is 11.7. The first-order valence-corrected chi connectivity index (χ1v) is 46.7. The van der Waals surface area contributed by atoms with Crippen molar-refractivity contribution < 1.29 is 132 Å². The average Bonchev–Trinajstić information content (AvgIpc) is 1.47. The van der Waals surface area contributed by atoms with Gasteiger partial charge in [-0.25, -0.2) is 9.59 Å². The van der Waals surface area contributed by atoms with Crippen LogP contribution in [0.5, 0.6) is 11.5 Å². The van der Waals surface area contributed by atoms with Crippen LogP contribution in [0.15, 0.2) is 97.1 Å². The van der Waals surface area contributed by atoms with Gasteiger partial charge in [0.1, 0.15) is 22.3 Å². The summed E-state index contributed by atoms with van der Waals surface area (Å²) in [5, 5.41) is 52.5. The van der Waals surface area contributed by atoms with Crippen molar-refractivity contribution in [2.45, 2.75) is 199 Å². The van der Waals surface area contributed by atoms with Gasteiger partial charge in [0.25, 0.3) is 0 Å². The van der Waals surface area contributed by atoms with E-state index in [1.54, 1.807) is 12.1 Å². The smallest absolute Gasteiger partial charge is 0.394 e. The monoisotopic (exact) mass is 1840 g/mol. The van der Waals surface area contributed by atoms with Gasteiger partial charge >= 0.3 is 56.6 Å². The summed E-state index contributed by atoms with van der Waals surface area (Å²) in [5.41, 5.74) is -6.30. The maximum atomic E-state index is 15.3. The molecule has 4 saturated heterocycles. The van der Waals surface area contributed by atoms with E-state index < -0.39 is 148 Å². The Kier molecular flexibility index (Phi) is 25.1. The molecule has 6 fully saturated rings. The van der Waals surface area contributed by atoms with E-state index >= 15 is 9.59 Å². The number of ether oxygens (including phenoxy) is 8. The van der Waals surface area contributed by atoms with Crippen molar-refractivity contribution in [3.05, 3.63) is 142 Å². The molecule has 10 aliphatic heterocycles. The van der Waals surface area contributed by atoms with Crippen LogP contribution in [-0.4, -0.2) is 301 Å². The number of H-pyrrole nitrogens is 2. The molecule has 36 nitrogen and oxygen atoms in total. The summed E-state index contributed by atoms with van der Waals surface area (Å²) < 4.78 is 111. The van der Waals surface area contributed by atoms with Crippen molar-refractivity contribution in [1.29, 1.82) is 0 Å². The Morgan fingerprint density at radius 2 is 0.831 bits per heavy atom. The van der Waals surface area contributed by atoms with Gasteiger partial charge in [0.05, 0.1) is 77.3 Å². The average molecular weight is 1850 g/mol. The van der Waals surface area contributed by atoms with E-state index in [0.29, 0.717) is 199 Å². The fraction of sp³-hybridized carbons (Fsp3) is 0.565.